The largest absolute Gasteiger partial charge is 0.368 e. The number of fused-ring (bicyclic) bond motifs is 1. The van der Waals surface area contributed by atoms with Crippen molar-refractivity contribution in [2.75, 3.05) is 43.4 Å². The number of carbonyl (C=O) groups excluding carboxylic acids is 1. The number of sulfonamides is 1. The summed E-state index contributed by atoms with van der Waals surface area (Å²) in [6.07, 6.45) is 3.27. The third-order valence-corrected chi connectivity index (χ3v) is 8.49. The van der Waals surface area contributed by atoms with Gasteiger partial charge in [-0.05, 0) is 53.9 Å². The van der Waals surface area contributed by atoms with Crippen LogP contribution in [-0.4, -0.2) is 72.4 Å². The van der Waals surface area contributed by atoms with E-state index in [1.54, 1.807) is 47.6 Å². The minimum atomic E-state index is -3.80. The van der Waals surface area contributed by atoms with Crippen molar-refractivity contribution < 1.29 is 13.2 Å². The van der Waals surface area contributed by atoms with Gasteiger partial charge in [-0.25, -0.2) is 18.8 Å². The number of hydrogen-bond acceptors (Lipinski definition) is 8. The van der Waals surface area contributed by atoms with Gasteiger partial charge in [0.2, 0.25) is 16.0 Å². The highest BCUT2D eigenvalue weighted by Crippen LogP contribution is 2.25. The van der Waals surface area contributed by atoms with Gasteiger partial charge in [0.25, 0.3) is 5.91 Å². The second kappa shape index (κ2) is 9.57. The molecule has 35 heavy (non-hydrogen) atoms. The molecule has 0 unspecified atom stereocenters. The summed E-state index contributed by atoms with van der Waals surface area (Å²) < 4.78 is 27.7. The third kappa shape index (κ3) is 5.03. The summed E-state index contributed by atoms with van der Waals surface area (Å²) in [6, 6.07) is 12.2. The Morgan fingerprint density at radius 3 is 2.49 bits per heavy atom. The van der Waals surface area contributed by atoms with Crippen molar-refractivity contribution in [1.82, 2.24) is 24.7 Å². The van der Waals surface area contributed by atoms with Crippen LogP contribution in [0.25, 0.3) is 10.8 Å². The highest BCUT2D eigenvalue weighted by Gasteiger charge is 2.34. The summed E-state index contributed by atoms with van der Waals surface area (Å²) in [5, 5.41) is 3.78. The predicted octanol–water partition coefficient (Wildman–Crippen LogP) is 1.87. The van der Waals surface area contributed by atoms with Crippen molar-refractivity contribution in [3.8, 4) is 0 Å². The average molecular weight is 516 g/mol. The maximum atomic E-state index is 13.2. The quantitative estimate of drug-likeness (QED) is 0.527. The van der Waals surface area contributed by atoms with E-state index in [9.17, 15) is 13.2 Å². The van der Waals surface area contributed by atoms with Gasteiger partial charge in [0, 0.05) is 36.9 Å². The molecule has 2 saturated heterocycles. The van der Waals surface area contributed by atoms with Gasteiger partial charge in [0.05, 0.1) is 18.0 Å². The van der Waals surface area contributed by atoms with E-state index < -0.39 is 10.0 Å². The summed E-state index contributed by atoms with van der Waals surface area (Å²) in [5.74, 6) is 0.773. The molecule has 5 rings (SSSR count). The number of halogens is 1. The van der Waals surface area contributed by atoms with Crippen LogP contribution in [0.4, 0.5) is 11.8 Å². The third-order valence-electron chi connectivity index (χ3n) is 6.41. The van der Waals surface area contributed by atoms with Gasteiger partial charge in [-0.3, -0.25) is 9.80 Å². The molecule has 2 aromatic carbocycles. The fourth-order valence-electron chi connectivity index (χ4n) is 4.50. The van der Waals surface area contributed by atoms with E-state index in [4.69, 9.17) is 17.3 Å². The molecule has 3 heterocycles. The molecule has 10 nitrogen and oxygen atoms in total. The number of rotatable bonds is 5. The van der Waals surface area contributed by atoms with Gasteiger partial charge in [-0.1, -0.05) is 23.7 Å². The molecule has 1 aromatic heterocycles. The van der Waals surface area contributed by atoms with Crippen LogP contribution < -0.4 is 16.1 Å². The topological polar surface area (TPSA) is 125 Å². The van der Waals surface area contributed by atoms with E-state index in [0.29, 0.717) is 5.02 Å². The zero-order valence-corrected chi connectivity index (χ0v) is 20.5. The molecule has 184 valence electrons. The Labute approximate surface area is 208 Å². The van der Waals surface area contributed by atoms with Crippen molar-refractivity contribution in [3.63, 3.8) is 0 Å². The minimum absolute atomic E-state index is 0.116. The highest BCUT2D eigenvalue weighted by atomic mass is 35.5. The van der Waals surface area contributed by atoms with Crippen LogP contribution in [0.1, 0.15) is 12.8 Å². The number of benzene rings is 2. The first-order chi connectivity index (χ1) is 16.8. The lowest BCUT2D eigenvalue weighted by Gasteiger charge is -2.39. The van der Waals surface area contributed by atoms with Crippen LogP contribution in [-0.2, 0) is 14.8 Å². The Morgan fingerprint density at radius 1 is 1.00 bits per heavy atom. The maximum Gasteiger partial charge on any atom is 0.252 e. The predicted molar refractivity (Wildman–Crippen MR) is 134 cm³/mol. The van der Waals surface area contributed by atoms with Crippen LogP contribution in [0.15, 0.2) is 53.6 Å². The molecule has 2 aliphatic heterocycles. The molecule has 12 heteroatoms. The summed E-state index contributed by atoms with van der Waals surface area (Å²) >= 11 is 6.02. The van der Waals surface area contributed by atoms with E-state index >= 15 is 0 Å². The Bertz CT molecular complexity index is 1360. The second-order valence-electron chi connectivity index (χ2n) is 8.70. The van der Waals surface area contributed by atoms with Gasteiger partial charge < -0.3 is 10.6 Å². The molecular weight excluding hydrogens is 490 g/mol. The number of hydrazine groups is 1. The number of carbonyl (C=O) groups is 1. The lowest BCUT2D eigenvalue weighted by molar-refractivity contribution is -0.138. The minimum Gasteiger partial charge on any atom is -0.368 e. The van der Waals surface area contributed by atoms with E-state index in [2.05, 4.69) is 20.3 Å². The Kier molecular flexibility index (Phi) is 6.49. The summed E-state index contributed by atoms with van der Waals surface area (Å²) in [4.78, 5) is 23.3. The zero-order valence-electron chi connectivity index (χ0n) is 19.0. The van der Waals surface area contributed by atoms with E-state index in [1.165, 1.54) is 4.31 Å². The molecule has 0 saturated carbocycles. The van der Waals surface area contributed by atoms with Crippen LogP contribution in [0.2, 0.25) is 5.02 Å². The van der Waals surface area contributed by atoms with Crippen LogP contribution in [0, 0.1) is 0 Å². The summed E-state index contributed by atoms with van der Waals surface area (Å²) in [7, 11) is -3.80. The number of anilines is 2. The molecule has 2 fully saturated rings. The van der Waals surface area contributed by atoms with Gasteiger partial charge in [0.1, 0.15) is 5.82 Å². The lowest BCUT2D eigenvalue weighted by Crippen LogP contribution is -2.60. The number of nitrogens with two attached hydrogens (primary N) is 1. The monoisotopic (exact) mass is 515 g/mol. The molecule has 2 aliphatic rings. The molecule has 0 aliphatic carbocycles. The van der Waals surface area contributed by atoms with E-state index in [1.807, 2.05) is 6.07 Å². The van der Waals surface area contributed by atoms with Crippen LogP contribution in [0.5, 0.6) is 0 Å². The number of nitrogens with zero attached hydrogens (tertiary/aromatic N) is 5. The molecule has 0 bridgehead atoms. The summed E-state index contributed by atoms with van der Waals surface area (Å²) in [5.41, 5.74) is 8.98. The Hall–Kier alpha value is -2.99. The van der Waals surface area contributed by atoms with Gasteiger partial charge in [0.15, 0.2) is 0 Å². The standard InChI is InChI=1S/C23H26ClN7O3S/c24-18-3-1-17-14-20(4-2-16(17)13-18)35(33,34)30-11-12-31(22(32)15-30)28-19-6-9-29(10-7-19)21-5-8-26-23(25)27-21/h1-5,8,13-14,19,28H,6-7,9-12,15H2,(H2,25,26,27). The van der Waals surface area contributed by atoms with E-state index in [-0.39, 0.29) is 42.4 Å². The molecule has 3 aromatic rings. The SMILES string of the molecule is Nc1nccc(N2CCC(NN3CCN(S(=O)(=O)c4ccc5cc(Cl)ccc5c4)CC3=O)CC2)n1. The zero-order chi connectivity index (χ0) is 24.6. The first-order valence-corrected chi connectivity index (χ1v) is 13.2. The summed E-state index contributed by atoms with van der Waals surface area (Å²) in [6.45, 7) is 1.84. The van der Waals surface area contributed by atoms with Gasteiger partial charge >= 0.3 is 0 Å². The molecule has 0 atom stereocenters. The maximum absolute atomic E-state index is 13.2. The Morgan fingerprint density at radius 2 is 1.74 bits per heavy atom. The van der Waals surface area contributed by atoms with Crippen LogP contribution in [0.3, 0.4) is 0 Å². The average Bonchev–Trinajstić information content (AvgIpc) is 2.85. The molecule has 0 spiro atoms. The number of piperazine rings is 1. The Balaban J connectivity index is 1.19. The normalized spacial score (nSPS) is 18.4. The van der Waals surface area contributed by atoms with Gasteiger partial charge in [-0.15, -0.1) is 0 Å². The number of amides is 1. The van der Waals surface area contributed by atoms with Crippen LogP contribution >= 0.6 is 11.6 Å². The molecule has 0 radical (unpaired) electrons. The second-order valence-corrected chi connectivity index (χ2v) is 11.1. The number of piperidine rings is 1. The fourth-order valence-corrected chi connectivity index (χ4v) is 6.09. The molecule has 3 N–H and O–H groups in total. The number of nitrogens with one attached hydrogen (secondary N) is 1. The smallest absolute Gasteiger partial charge is 0.252 e. The van der Waals surface area contributed by atoms with Crippen molar-refractivity contribution >= 4 is 50.1 Å². The number of aromatic nitrogens is 2. The first kappa shape index (κ1) is 23.7. The fraction of sp³-hybridized carbons (Fsp3) is 0.348. The van der Waals surface area contributed by atoms with Crippen molar-refractivity contribution in [3.05, 3.63) is 53.7 Å². The van der Waals surface area contributed by atoms with Crippen molar-refractivity contribution in [2.24, 2.45) is 0 Å². The lowest BCUT2D eigenvalue weighted by atomic mass is 10.1. The number of nitrogen functional groups attached to an aromatic ring is 1. The molecular formula is C23H26ClN7O3S. The molecule has 1 amide bonds. The van der Waals surface area contributed by atoms with E-state index in [0.717, 1.165) is 42.5 Å². The number of hydrogen-bond donors (Lipinski definition) is 2. The van der Waals surface area contributed by atoms with Crippen molar-refractivity contribution in [1.29, 1.82) is 0 Å². The first-order valence-electron chi connectivity index (χ1n) is 11.4. The van der Waals surface area contributed by atoms with Gasteiger partial charge in [-0.2, -0.15) is 9.29 Å². The highest BCUT2D eigenvalue weighted by molar-refractivity contribution is 7.89. The van der Waals surface area contributed by atoms with Crippen molar-refractivity contribution in [2.45, 2.75) is 23.8 Å².